The number of sulfonamides is 1. The number of carbonyl (C=O) groups excluding carboxylic acids is 1. The Morgan fingerprint density at radius 3 is 2.67 bits per heavy atom. The smallest absolute Gasteiger partial charge is 0.286 e. The Balaban J connectivity index is 2.31. The van der Waals surface area contributed by atoms with Crippen LogP contribution in [0, 0.1) is 0 Å². The molecule has 2 N–H and O–H groups in total. The average Bonchev–Trinajstić information content (AvgIpc) is 2.86. The first-order valence-corrected chi connectivity index (χ1v) is 8.51. The maximum Gasteiger partial charge on any atom is 0.286 e. The lowest BCUT2D eigenvalue weighted by Crippen LogP contribution is -2.25. The number of carbonyl (C=O) groups is 1. The molecule has 10 heteroatoms. The minimum absolute atomic E-state index is 0.0178. The predicted molar refractivity (Wildman–Crippen MR) is 80.2 cm³/mol. The number of nitrogens with one attached hydrogen (secondary N) is 2. The van der Waals surface area contributed by atoms with E-state index in [0.717, 1.165) is 11.3 Å². The van der Waals surface area contributed by atoms with Gasteiger partial charge < -0.3 is 5.32 Å². The number of hydrogen-bond donors (Lipinski definition) is 2. The van der Waals surface area contributed by atoms with Crippen molar-refractivity contribution in [2.45, 2.75) is 11.8 Å². The van der Waals surface area contributed by atoms with Gasteiger partial charge in [0, 0.05) is 6.54 Å². The number of hydrogen-bond acceptors (Lipinski definition) is 6. The topological polar surface area (TPSA) is 101 Å². The maximum atomic E-state index is 12.1. The van der Waals surface area contributed by atoms with Crippen LogP contribution in [0.5, 0.6) is 0 Å². The predicted octanol–water partition coefficient (Wildman–Crippen LogP) is 1.74. The highest BCUT2D eigenvalue weighted by Gasteiger charge is 2.20. The summed E-state index contributed by atoms with van der Waals surface area (Å²) in [6.07, 6.45) is 0. The summed E-state index contributed by atoms with van der Waals surface area (Å²) in [5, 5.41) is 9.67. The van der Waals surface area contributed by atoms with Crippen molar-refractivity contribution in [3.05, 3.63) is 33.7 Å². The summed E-state index contributed by atoms with van der Waals surface area (Å²) in [4.78, 5) is 12.0. The van der Waals surface area contributed by atoms with Gasteiger partial charge >= 0.3 is 0 Å². The van der Waals surface area contributed by atoms with Gasteiger partial charge in [-0.2, -0.15) is 0 Å². The molecule has 1 aromatic heterocycles. The minimum atomic E-state index is -3.69. The molecule has 0 spiro atoms. The van der Waals surface area contributed by atoms with Gasteiger partial charge in [0.15, 0.2) is 0 Å². The molecule has 0 saturated carbocycles. The molecular weight excluding hydrogens is 336 g/mol. The molecule has 1 aromatic carbocycles. The molecule has 1 amide bonds. The number of halogens is 1. The first-order valence-electron chi connectivity index (χ1n) is 5.83. The monoisotopic (exact) mass is 346 g/mol. The van der Waals surface area contributed by atoms with Gasteiger partial charge in [0.25, 0.3) is 5.91 Å². The van der Waals surface area contributed by atoms with Crippen LogP contribution in [0.2, 0.25) is 4.47 Å². The zero-order chi connectivity index (χ0) is 15.5. The Bertz CT molecular complexity index is 760. The van der Waals surface area contributed by atoms with Gasteiger partial charge in [-0.05, 0) is 23.7 Å². The van der Waals surface area contributed by atoms with Gasteiger partial charge in [0.2, 0.25) is 19.5 Å². The number of nitrogens with zero attached hydrogens (tertiary/aromatic N) is 2. The van der Waals surface area contributed by atoms with Crippen LogP contribution in [0.1, 0.15) is 16.7 Å². The molecule has 0 bridgehead atoms. The van der Waals surface area contributed by atoms with E-state index in [2.05, 4.69) is 20.2 Å². The Hall–Kier alpha value is -1.55. The van der Waals surface area contributed by atoms with Crippen molar-refractivity contribution < 1.29 is 13.2 Å². The van der Waals surface area contributed by atoms with E-state index in [0.29, 0.717) is 0 Å². The van der Waals surface area contributed by atoms with E-state index < -0.39 is 15.9 Å². The van der Waals surface area contributed by atoms with Crippen LogP contribution in [0.15, 0.2) is 29.2 Å². The molecule has 0 aliphatic carbocycles. The molecule has 0 fully saturated rings. The summed E-state index contributed by atoms with van der Waals surface area (Å²) in [5.41, 5.74) is 0.162. The van der Waals surface area contributed by atoms with E-state index in [1.54, 1.807) is 19.1 Å². The summed E-state index contributed by atoms with van der Waals surface area (Å²) >= 11 is 6.52. The number of para-hydroxylation sites is 1. The summed E-state index contributed by atoms with van der Waals surface area (Å²) in [7, 11) is -3.69. The quantitative estimate of drug-likeness (QED) is 0.858. The number of anilines is 1. The van der Waals surface area contributed by atoms with Gasteiger partial charge in [-0.3, -0.25) is 4.79 Å². The number of amides is 1. The average molecular weight is 347 g/mol. The van der Waals surface area contributed by atoms with Gasteiger partial charge in [-0.1, -0.05) is 30.4 Å². The SMILES string of the molecule is CCNS(=O)(=O)c1ccccc1NC(=O)c1nnc(Cl)s1. The fraction of sp³-hybridized carbons (Fsp3) is 0.182. The highest BCUT2D eigenvalue weighted by Crippen LogP contribution is 2.22. The Morgan fingerprint density at radius 1 is 1.33 bits per heavy atom. The lowest BCUT2D eigenvalue weighted by Gasteiger charge is -2.10. The van der Waals surface area contributed by atoms with Crippen LogP contribution in [-0.2, 0) is 10.0 Å². The Labute approximate surface area is 130 Å². The van der Waals surface area contributed by atoms with Crippen LogP contribution in [0.25, 0.3) is 0 Å². The lowest BCUT2D eigenvalue weighted by atomic mass is 10.3. The van der Waals surface area contributed by atoms with Crippen LogP contribution in [0.4, 0.5) is 5.69 Å². The molecular formula is C11H11ClN4O3S2. The van der Waals surface area contributed by atoms with E-state index in [1.807, 2.05) is 0 Å². The van der Waals surface area contributed by atoms with Crippen molar-refractivity contribution in [1.82, 2.24) is 14.9 Å². The summed E-state index contributed by atoms with van der Waals surface area (Å²) in [6.45, 7) is 1.92. The van der Waals surface area contributed by atoms with E-state index in [1.165, 1.54) is 12.1 Å². The van der Waals surface area contributed by atoms with Gasteiger partial charge in [-0.25, -0.2) is 13.1 Å². The standard InChI is InChI=1S/C11H11ClN4O3S2/c1-2-13-21(18,19)8-6-4-3-5-7(8)14-9(17)10-15-16-11(12)20-10/h3-6,13H,2H2,1H3,(H,14,17). The number of aromatic nitrogens is 2. The van der Waals surface area contributed by atoms with Crippen LogP contribution < -0.4 is 10.0 Å². The zero-order valence-electron chi connectivity index (χ0n) is 10.8. The first-order chi connectivity index (χ1) is 9.94. The summed E-state index contributed by atoms with van der Waals surface area (Å²) < 4.78 is 26.6. The fourth-order valence-electron chi connectivity index (χ4n) is 1.54. The van der Waals surface area contributed by atoms with Crippen LogP contribution >= 0.6 is 22.9 Å². The van der Waals surface area contributed by atoms with Crippen molar-refractivity contribution in [2.75, 3.05) is 11.9 Å². The van der Waals surface area contributed by atoms with E-state index >= 15 is 0 Å². The van der Waals surface area contributed by atoms with E-state index in [4.69, 9.17) is 11.6 Å². The molecule has 0 aliphatic heterocycles. The largest absolute Gasteiger partial charge is 0.319 e. The van der Waals surface area contributed by atoms with E-state index in [-0.39, 0.29) is 26.6 Å². The number of rotatable bonds is 5. The molecule has 2 rings (SSSR count). The molecule has 2 aromatic rings. The second-order valence-electron chi connectivity index (χ2n) is 3.81. The van der Waals surface area contributed by atoms with Gasteiger partial charge in [0.1, 0.15) is 4.90 Å². The van der Waals surface area contributed by atoms with Gasteiger partial charge in [-0.15, -0.1) is 10.2 Å². The highest BCUT2D eigenvalue weighted by molar-refractivity contribution is 7.89. The molecule has 112 valence electrons. The molecule has 0 aliphatic rings. The molecule has 7 nitrogen and oxygen atoms in total. The third-order valence-electron chi connectivity index (χ3n) is 2.35. The van der Waals surface area contributed by atoms with E-state index in [9.17, 15) is 13.2 Å². The fourth-order valence-corrected chi connectivity index (χ4v) is 3.47. The van der Waals surface area contributed by atoms with Crippen LogP contribution in [0.3, 0.4) is 0 Å². The third-order valence-corrected chi connectivity index (χ3v) is 4.97. The molecule has 1 heterocycles. The molecule has 0 atom stereocenters. The van der Waals surface area contributed by atoms with Crippen molar-refractivity contribution >= 4 is 44.6 Å². The maximum absolute atomic E-state index is 12.1. The lowest BCUT2D eigenvalue weighted by molar-refractivity contribution is 0.102. The molecule has 0 unspecified atom stereocenters. The Kier molecular flexibility index (Phi) is 4.88. The van der Waals surface area contributed by atoms with Crippen molar-refractivity contribution in [3.63, 3.8) is 0 Å². The highest BCUT2D eigenvalue weighted by atomic mass is 35.5. The van der Waals surface area contributed by atoms with Crippen molar-refractivity contribution in [3.8, 4) is 0 Å². The third kappa shape index (κ3) is 3.76. The Morgan fingerprint density at radius 2 is 2.05 bits per heavy atom. The summed E-state index contributed by atoms with van der Waals surface area (Å²) in [6, 6.07) is 6.08. The molecule has 0 saturated heterocycles. The number of benzene rings is 1. The summed E-state index contributed by atoms with van der Waals surface area (Å²) in [5.74, 6) is -0.571. The molecule has 0 radical (unpaired) electrons. The van der Waals surface area contributed by atoms with Crippen LogP contribution in [-0.4, -0.2) is 31.1 Å². The zero-order valence-corrected chi connectivity index (χ0v) is 13.2. The molecule has 21 heavy (non-hydrogen) atoms. The first kappa shape index (κ1) is 15.8. The van der Waals surface area contributed by atoms with Crippen molar-refractivity contribution in [2.24, 2.45) is 0 Å². The van der Waals surface area contributed by atoms with Crippen molar-refractivity contribution in [1.29, 1.82) is 0 Å². The second kappa shape index (κ2) is 6.48. The van der Waals surface area contributed by atoms with Gasteiger partial charge in [0.05, 0.1) is 5.69 Å². The normalized spacial score (nSPS) is 11.3. The second-order valence-corrected chi connectivity index (χ2v) is 7.11. The minimum Gasteiger partial charge on any atom is -0.319 e.